The molecule has 9 nitrogen and oxygen atoms in total. The first kappa shape index (κ1) is 21.9. The van der Waals surface area contributed by atoms with Crippen LogP contribution in [0.15, 0.2) is 34.8 Å². The van der Waals surface area contributed by atoms with Gasteiger partial charge in [0.05, 0.1) is 25.5 Å². The number of halogens is 1. The number of methoxy groups -OCH3 is 1. The second-order valence-electron chi connectivity index (χ2n) is 6.44. The van der Waals surface area contributed by atoms with Gasteiger partial charge in [0.15, 0.2) is 0 Å². The van der Waals surface area contributed by atoms with Crippen molar-refractivity contribution in [3.63, 3.8) is 0 Å². The number of nitrogens with one attached hydrogen (secondary N) is 2. The van der Waals surface area contributed by atoms with Crippen LogP contribution in [0, 0.1) is 0 Å². The SMILES string of the molecule is COc1cc(=O)n2c(c1C(=O)NCc1csc(-c3cnccn3)n1)CCNCC2.Cl. The number of amides is 1. The van der Waals surface area contributed by atoms with Crippen LogP contribution in [0.3, 0.4) is 0 Å². The van der Waals surface area contributed by atoms with Crippen molar-refractivity contribution in [2.24, 2.45) is 0 Å². The first-order valence-electron chi connectivity index (χ1n) is 9.18. The predicted molar refractivity (Wildman–Crippen MR) is 115 cm³/mol. The van der Waals surface area contributed by atoms with Crippen LogP contribution in [-0.4, -0.2) is 45.6 Å². The predicted octanol–water partition coefficient (Wildman–Crippen LogP) is 1.27. The Balaban J connectivity index is 0.00000256. The number of ether oxygens (including phenoxy) is 1. The average molecular weight is 449 g/mol. The van der Waals surface area contributed by atoms with E-state index in [2.05, 4.69) is 25.6 Å². The van der Waals surface area contributed by atoms with Gasteiger partial charge in [0.1, 0.15) is 22.0 Å². The smallest absolute Gasteiger partial charge is 0.257 e. The molecule has 3 aromatic rings. The summed E-state index contributed by atoms with van der Waals surface area (Å²) in [5.74, 6) is 0.000676. The molecule has 158 valence electrons. The van der Waals surface area contributed by atoms with Crippen LogP contribution >= 0.6 is 23.7 Å². The molecule has 0 spiro atoms. The number of hydrogen-bond acceptors (Lipinski definition) is 8. The van der Waals surface area contributed by atoms with E-state index in [1.165, 1.54) is 24.5 Å². The Hall–Kier alpha value is -2.82. The summed E-state index contributed by atoms with van der Waals surface area (Å²) < 4.78 is 6.99. The maximum absolute atomic E-state index is 13.0. The highest BCUT2D eigenvalue weighted by atomic mass is 35.5. The van der Waals surface area contributed by atoms with E-state index in [1.807, 2.05) is 5.38 Å². The Kier molecular flexibility index (Phi) is 7.14. The van der Waals surface area contributed by atoms with Crippen molar-refractivity contribution in [2.75, 3.05) is 20.2 Å². The van der Waals surface area contributed by atoms with Gasteiger partial charge in [-0.1, -0.05) is 0 Å². The molecule has 0 aromatic carbocycles. The molecular formula is C19H21ClN6O3S. The molecule has 1 amide bonds. The van der Waals surface area contributed by atoms with E-state index in [1.54, 1.807) is 23.2 Å². The molecule has 3 aromatic heterocycles. The highest BCUT2D eigenvalue weighted by Crippen LogP contribution is 2.23. The van der Waals surface area contributed by atoms with E-state index in [9.17, 15) is 9.59 Å². The highest BCUT2D eigenvalue weighted by Gasteiger charge is 2.23. The van der Waals surface area contributed by atoms with Crippen LogP contribution in [0.5, 0.6) is 5.75 Å². The van der Waals surface area contributed by atoms with Gasteiger partial charge in [-0.15, -0.1) is 23.7 Å². The number of hydrogen-bond donors (Lipinski definition) is 2. The Morgan fingerprint density at radius 3 is 3.00 bits per heavy atom. The first-order valence-corrected chi connectivity index (χ1v) is 10.1. The number of carbonyl (C=O) groups excluding carboxylic acids is 1. The largest absolute Gasteiger partial charge is 0.496 e. The van der Waals surface area contributed by atoms with Crippen LogP contribution in [-0.2, 0) is 19.5 Å². The Morgan fingerprint density at radius 1 is 1.37 bits per heavy atom. The minimum Gasteiger partial charge on any atom is -0.496 e. The number of nitrogens with zero attached hydrogens (tertiary/aromatic N) is 4. The van der Waals surface area contributed by atoms with Crippen LogP contribution < -0.4 is 20.9 Å². The minimum atomic E-state index is -0.290. The molecule has 0 saturated heterocycles. The van der Waals surface area contributed by atoms with Crippen LogP contribution in [0.2, 0.25) is 0 Å². The zero-order valence-electron chi connectivity index (χ0n) is 16.3. The summed E-state index contributed by atoms with van der Waals surface area (Å²) in [7, 11) is 1.46. The molecule has 0 bridgehead atoms. The molecule has 4 rings (SSSR count). The molecule has 0 radical (unpaired) electrons. The molecule has 2 N–H and O–H groups in total. The normalized spacial score (nSPS) is 13.0. The minimum absolute atomic E-state index is 0. The highest BCUT2D eigenvalue weighted by molar-refractivity contribution is 7.13. The van der Waals surface area contributed by atoms with Crippen molar-refractivity contribution in [1.82, 2.24) is 30.2 Å². The van der Waals surface area contributed by atoms with Gasteiger partial charge in [-0.2, -0.15) is 0 Å². The summed E-state index contributed by atoms with van der Waals surface area (Å²) in [6, 6.07) is 1.37. The number of pyridine rings is 1. The third kappa shape index (κ3) is 4.50. The quantitative estimate of drug-likeness (QED) is 0.604. The second kappa shape index (κ2) is 9.79. The van der Waals surface area contributed by atoms with Crippen LogP contribution in [0.4, 0.5) is 0 Å². The van der Waals surface area contributed by atoms with E-state index >= 15 is 0 Å². The standard InChI is InChI=1S/C19H20N6O3S.ClH/c1-28-15-8-16(26)25-7-6-20-3-2-14(25)17(15)18(27)23-9-12-11-29-19(24-12)13-10-21-4-5-22-13;/h4-5,8,10-11,20H,2-3,6-7,9H2,1H3,(H,23,27);1H. The lowest BCUT2D eigenvalue weighted by Crippen LogP contribution is -2.31. The zero-order chi connectivity index (χ0) is 20.2. The summed E-state index contributed by atoms with van der Waals surface area (Å²) in [5.41, 5.74) is 2.35. The summed E-state index contributed by atoms with van der Waals surface area (Å²) in [4.78, 5) is 38.2. The molecule has 1 aliphatic rings. The van der Waals surface area contributed by atoms with Gasteiger partial charge >= 0.3 is 0 Å². The van der Waals surface area contributed by atoms with Crippen molar-refractivity contribution >= 4 is 29.7 Å². The summed E-state index contributed by atoms with van der Waals surface area (Å²) in [6.45, 7) is 2.16. The topological polar surface area (TPSA) is 111 Å². The first-order chi connectivity index (χ1) is 14.2. The Labute approximate surface area is 183 Å². The van der Waals surface area contributed by atoms with Gasteiger partial charge < -0.3 is 19.9 Å². The molecule has 0 aliphatic carbocycles. The number of aromatic nitrogens is 4. The molecule has 4 heterocycles. The third-order valence-corrected chi connectivity index (χ3v) is 5.56. The zero-order valence-corrected chi connectivity index (χ0v) is 17.9. The van der Waals surface area contributed by atoms with E-state index in [0.29, 0.717) is 48.8 Å². The molecule has 1 aliphatic heterocycles. The molecule has 0 unspecified atom stereocenters. The maximum Gasteiger partial charge on any atom is 0.257 e. The van der Waals surface area contributed by atoms with Gasteiger partial charge in [0, 0.05) is 55.6 Å². The summed E-state index contributed by atoms with van der Waals surface area (Å²) in [6.07, 6.45) is 5.44. The van der Waals surface area contributed by atoms with Crippen LogP contribution in [0.25, 0.3) is 10.7 Å². The molecule has 11 heteroatoms. The van der Waals surface area contributed by atoms with E-state index < -0.39 is 0 Å². The van der Waals surface area contributed by atoms with Crippen molar-refractivity contribution < 1.29 is 9.53 Å². The van der Waals surface area contributed by atoms with Crippen molar-refractivity contribution in [3.8, 4) is 16.5 Å². The molecule has 30 heavy (non-hydrogen) atoms. The molecular weight excluding hydrogens is 428 g/mol. The fraction of sp³-hybridized carbons (Fsp3) is 0.316. The molecule has 0 atom stereocenters. The lowest BCUT2D eigenvalue weighted by Gasteiger charge is -2.17. The number of fused-ring (bicyclic) bond motifs is 1. The monoisotopic (exact) mass is 448 g/mol. The molecule has 0 saturated carbocycles. The Bertz CT molecular complexity index is 1090. The van der Waals surface area contributed by atoms with E-state index in [-0.39, 0.29) is 30.4 Å². The van der Waals surface area contributed by atoms with Crippen LogP contribution in [0.1, 0.15) is 21.7 Å². The fourth-order valence-electron chi connectivity index (χ4n) is 3.28. The van der Waals surface area contributed by atoms with Crippen molar-refractivity contribution in [3.05, 3.63) is 57.3 Å². The molecule has 0 fully saturated rings. The van der Waals surface area contributed by atoms with Crippen molar-refractivity contribution in [1.29, 1.82) is 0 Å². The van der Waals surface area contributed by atoms with Gasteiger partial charge in [-0.25, -0.2) is 4.98 Å². The lowest BCUT2D eigenvalue weighted by molar-refractivity contribution is 0.0945. The van der Waals surface area contributed by atoms with E-state index in [4.69, 9.17) is 4.74 Å². The second-order valence-corrected chi connectivity index (χ2v) is 7.30. The van der Waals surface area contributed by atoms with E-state index in [0.717, 1.165) is 10.7 Å². The Morgan fingerprint density at radius 2 is 2.23 bits per heavy atom. The lowest BCUT2D eigenvalue weighted by atomic mass is 10.1. The van der Waals surface area contributed by atoms with Gasteiger partial charge in [-0.05, 0) is 0 Å². The van der Waals surface area contributed by atoms with Gasteiger partial charge in [-0.3, -0.25) is 19.6 Å². The summed E-state index contributed by atoms with van der Waals surface area (Å²) in [5, 5.41) is 8.77. The van der Waals surface area contributed by atoms with Gasteiger partial charge in [0.25, 0.3) is 11.5 Å². The number of thiazole rings is 1. The van der Waals surface area contributed by atoms with Gasteiger partial charge in [0.2, 0.25) is 0 Å². The summed E-state index contributed by atoms with van der Waals surface area (Å²) >= 11 is 1.44. The number of rotatable bonds is 5. The average Bonchev–Trinajstić information content (AvgIpc) is 3.09. The number of carbonyl (C=O) groups is 1. The third-order valence-electron chi connectivity index (χ3n) is 4.64. The maximum atomic E-state index is 13.0. The van der Waals surface area contributed by atoms with Crippen molar-refractivity contribution in [2.45, 2.75) is 19.5 Å². The fourth-order valence-corrected chi connectivity index (χ4v) is 4.06.